The second kappa shape index (κ2) is 6.39. The van der Waals surface area contributed by atoms with Crippen molar-refractivity contribution < 1.29 is 4.79 Å². The Bertz CT molecular complexity index is 569. The number of pyridine rings is 1. The lowest BCUT2D eigenvalue weighted by atomic mass is 9.98. The number of hydrogen-bond acceptors (Lipinski definition) is 4. The largest absolute Gasteiger partial charge is 0.356 e. The van der Waals surface area contributed by atoms with Crippen LogP contribution in [0, 0.1) is 5.92 Å². The molecule has 2 aromatic heterocycles. The molecule has 0 bridgehead atoms. The summed E-state index contributed by atoms with van der Waals surface area (Å²) in [6.07, 6.45) is 7.23. The molecule has 3 rings (SSSR count). The second-order valence-corrected chi connectivity index (χ2v) is 5.34. The molecule has 0 saturated carbocycles. The highest BCUT2D eigenvalue weighted by atomic mass is 16.1. The summed E-state index contributed by atoms with van der Waals surface area (Å²) in [7, 11) is 0. The second-order valence-electron chi connectivity index (χ2n) is 5.34. The average Bonchev–Trinajstić information content (AvgIpc) is 3.08. The van der Waals surface area contributed by atoms with E-state index < -0.39 is 0 Å². The van der Waals surface area contributed by atoms with Gasteiger partial charge >= 0.3 is 0 Å². The number of aromatic nitrogens is 3. The number of carbonyl (C=O) groups is 1. The molecule has 0 aliphatic carbocycles. The summed E-state index contributed by atoms with van der Waals surface area (Å²) >= 11 is 0. The van der Waals surface area contributed by atoms with Crippen molar-refractivity contribution in [2.45, 2.75) is 12.8 Å². The minimum Gasteiger partial charge on any atom is -0.356 e. The van der Waals surface area contributed by atoms with E-state index >= 15 is 0 Å². The predicted molar refractivity (Wildman–Crippen MR) is 80.1 cm³/mol. The molecule has 0 aromatic carbocycles. The van der Waals surface area contributed by atoms with Gasteiger partial charge in [0.1, 0.15) is 5.82 Å². The molecule has 0 spiro atoms. The lowest BCUT2D eigenvalue weighted by molar-refractivity contribution is 0.0945. The van der Waals surface area contributed by atoms with E-state index in [9.17, 15) is 4.79 Å². The third-order valence-corrected chi connectivity index (χ3v) is 3.80. The number of nitrogens with one attached hydrogen (secondary N) is 2. The molecular formula is C15H19N5O. The smallest absolute Gasteiger partial charge is 0.254 e. The molecule has 2 aromatic rings. The average molecular weight is 285 g/mol. The van der Waals surface area contributed by atoms with Crippen molar-refractivity contribution in [1.82, 2.24) is 20.5 Å². The third kappa shape index (κ3) is 3.39. The molecule has 2 N–H and O–H groups in total. The van der Waals surface area contributed by atoms with Gasteiger partial charge in [0.15, 0.2) is 0 Å². The summed E-state index contributed by atoms with van der Waals surface area (Å²) in [5, 5.41) is 9.42. The lowest BCUT2D eigenvalue weighted by Crippen LogP contribution is -2.41. The highest BCUT2D eigenvalue weighted by Gasteiger charge is 2.21. The first-order valence-electron chi connectivity index (χ1n) is 7.26. The van der Waals surface area contributed by atoms with Crippen molar-refractivity contribution in [1.29, 1.82) is 0 Å². The molecule has 6 nitrogen and oxygen atoms in total. The Morgan fingerprint density at radius 3 is 3.19 bits per heavy atom. The number of aromatic amines is 1. The van der Waals surface area contributed by atoms with Crippen molar-refractivity contribution >= 4 is 11.7 Å². The first-order valence-corrected chi connectivity index (χ1v) is 7.26. The zero-order chi connectivity index (χ0) is 14.5. The molecule has 110 valence electrons. The van der Waals surface area contributed by atoms with Gasteiger partial charge < -0.3 is 10.2 Å². The van der Waals surface area contributed by atoms with E-state index in [0.717, 1.165) is 31.7 Å². The number of piperidine rings is 1. The molecule has 1 aliphatic rings. The standard InChI is InChI=1S/C15H19N5O/c21-15(13-9-18-19-10-13)17-8-12-4-3-7-20(11-12)14-5-1-2-6-16-14/h1-2,5-6,9-10,12H,3-4,7-8,11H2,(H,17,21)(H,18,19)/t12-/m1/s1. The van der Waals surface area contributed by atoms with Crippen LogP contribution in [0.1, 0.15) is 23.2 Å². The molecule has 0 unspecified atom stereocenters. The molecule has 1 saturated heterocycles. The highest BCUT2D eigenvalue weighted by Crippen LogP contribution is 2.20. The summed E-state index contributed by atoms with van der Waals surface area (Å²) in [5.74, 6) is 1.40. The van der Waals surface area contributed by atoms with Crippen molar-refractivity contribution in [3.05, 3.63) is 42.4 Å². The molecular weight excluding hydrogens is 266 g/mol. The van der Waals surface area contributed by atoms with Crippen LogP contribution in [0.4, 0.5) is 5.82 Å². The number of anilines is 1. The van der Waals surface area contributed by atoms with Gasteiger partial charge in [0.2, 0.25) is 0 Å². The molecule has 21 heavy (non-hydrogen) atoms. The minimum atomic E-state index is -0.0706. The van der Waals surface area contributed by atoms with Crippen LogP contribution >= 0.6 is 0 Å². The van der Waals surface area contributed by atoms with Crippen LogP contribution in [0.2, 0.25) is 0 Å². The van der Waals surface area contributed by atoms with E-state index in [1.54, 1.807) is 6.20 Å². The lowest BCUT2D eigenvalue weighted by Gasteiger charge is -2.33. The van der Waals surface area contributed by atoms with E-state index in [4.69, 9.17) is 0 Å². The molecule has 0 radical (unpaired) electrons. The summed E-state index contributed by atoms with van der Waals surface area (Å²) in [4.78, 5) is 18.6. The molecule has 1 aliphatic heterocycles. The topological polar surface area (TPSA) is 73.9 Å². The maximum Gasteiger partial charge on any atom is 0.254 e. The molecule has 1 fully saturated rings. The Hall–Kier alpha value is -2.37. The van der Waals surface area contributed by atoms with Gasteiger partial charge in [0.25, 0.3) is 5.91 Å². The van der Waals surface area contributed by atoms with Crippen LogP contribution in [0.5, 0.6) is 0 Å². The van der Waals surface area contributed by atoms with Crippen LogP contribution in [0.3, 0.4) is 0 Å². The van der Waals surface area contributed by atoms with Crippen LogP contribution in [0.25, 0.3) is 0 Å². The van der Waals surface area contributed by atoms with Crippen molar-refractivity contribution in [2.24, 2.45) is 5.92 Å². The van der Waals surface area contributed by atoms with E-state index in [1.807, 2.05) is 24.4 Å². The number of amides is 1. The van der Waals surface area contributed by atoms with Gasteiger partial charge in [-0.2, -0.15) is 5.10 Å². The summed E-state index contributed by atoms with van der Waals surface area (Å²) in [6.45, 7) is 2.65. The third-order valence-electron chi connectivity index (χ3n) is 3.80. The number of nitrogens with zero attached hydrogens (tertiary/aromatic N) is 3. The fourth-order valence-corrected chi connectivity index (χ4v) is 2.69. The summed E-state index contributed by atoms with van der Waals surface area (Å²) < 4.78 is 0. The van der Waals surface area contributed by atoms with Gasteiger partial charge in [0.05, 0.1) is 11.8 Å². The van der Waals surface area contributed by atoms with Crippen molar-refractivity contribution in [2.75, 3.05) is 24.5 Å². The van der Waals surface area contributed by atoms with E-state index in [1.165, 1.54) is 6.20 Å². The molecule has 1 atom stereocenters. The van der Waals surface area contributed by atoms with Crippen LogP contribution in [0.15, 0.2) is 36.8 Å². The maximum absolute atomic E-state index is 11.9. The number of carbonyl (C=O) groups excluding carboxylic acids is 1. The summed E-state index contributed by atoms with van der Waals surface area (Å²) in [6, 6.07) is 5.97. The number of H-pyrrole nitrogens is 1. The minimum absolute atomic E-state index is 0.0706. The van der Waals surface area contributed by atoms with Gasteiger partial charge in [0, 0.05) is 32.0 Å². The van der Waals surface area contributed by atoms with Gasteiger partial charge in [-0.25, -0.2) is 4.98 Å². The fourth-order valence-electron chi connectivity index (χ4n) is 2.69. The van der Waals surface area contributed by atoms with E-state index in [-0.39, 0.29) is 5.91 Å². The van der Waals surface area contributed by atoms with E-state index in [2.05, 4.69) is 25.4 Å². The Morgan fingerprint density at radius 1 is 1.48 bits per heavy atom. The zero-order valence-corrected chi connectivity index (χ0v) is 11.8. The number of hydrogen-bond donors (Lipinski definition) is 2. The van der Waals surface area contributed by atoms with Crippen LogP contribution in [-0.4, -0.2) is 40.7 Å². The normalized spacial score (nSPS) is 18.5. The molecule has 1 amide bonds. The Labute approximate surface area is 123 Å². The SMILES string of the molecule is O=C(NC[C@H]1CCCN(c2ccccn2)C1)c1cn[nH]c1. The van der Waals surface area contributed by atoms with Gasteiger partial charge in [-0.05, 0) is 30.9 Å². The van der Waals surface area contributed by atoms with Crippen molar-refractivity contribution in [3.63, 3.8) is 0 Å². The Morgan fingerprint density at radius 2 is 2.43 bits per heavy atom. The van der Waals surface area contributed by atoms with E-state index in [0.29, 0.717) is 18.0 Å². The fraction of sp³-hybridized carbons (Fsp3) is 0.400. The predicted octanol–water partition coefficient (Wildman–Crippen LogP) is 1.45. The maximum atomic E-state index is 11.9. The van der Waals surface area contributed by atoms with Gasteiger partial charge in [-0.15, -0.1) is 0 Å². The molecule has 6 heteroatoms. The first-order chi connectivity index (χ1) is 10.3. The first kappa shape index (κ1) is 13.6. The van der Waals surface area contributed by atoms with Crippen molar-refractivity contribution in [3.8, 4) is 0 Å². The summed E-state index contributed by atoms with van der Waals surface area (Å²) in [5.41, 5.74) is 0.576. The van der Waals surface area contributed by atoms with Gasteiger partial charge in [-0.1, -0.05) is 6.07 Å². The Balaban J connectivity index is 1.53. The molecule has 3 heterocycles. The number of rotatable bonds is 4. The van der Waals surface area contributed by atoms with Gasteiger partial charge in [-0.3, -0.25) is 9.89 Å². The highest BCUT2D eigenvalue weighted by molar-refractivity contribution is 5.93. The Kier molecular flexibility index (Phi) is 4.14. The zero-order valence-electron chi connectivity index (χ0n) is 11.8. The monoisotopic (exact) mass is 285 g/mol. The van der Waals surface area contributed by atoms with Crippen LogP contribution in [-0.2, 0) is 0 Å². The quantitative estimate of drug-likeness (QED) is 0.891. The van der Waals surface area contributed by atoms with Crippen LogP contribution < -0.4 is 10.2 Å².